The standard InChI is InChI=1S/C7H4F4O/c8-4-2-1-3-5(12)6(4)7(9,10)11/h1-3,12H. The van der Waals surface area contributed by atoms with Crippen LogP contribution in [-0.2, 0) is 6.18 Å². The topological polar surface area (TPSA) is 20.2 Å². The van der Waals surface area contributed by atoms with Gasteiger partial charge in [0.1, 0.15) is 17.1 Å². The second-order valence-corrected chi connectivity index (χ2v) is 2.13. The third-order valence-electron chi connectivity index (χ3n) is 1.28. The molecule has 1 aromatic carbocycles. The Balaban J connectivity index is 3.31. The van der Waals surface area contributed by atoms with E-state index in [1.54, 1.807) is 0 Å². The van der Waals surface area contributed by atoms with Crippen LogP contribution in [0.15, 0.2) is 18.2 Å². The average Bonchev–Trinajstić information content (AvgIpc) is 1.82. The lowest BCUT2D eigenvalue weighted by Gasteiger charge is -2.08. The molecule has 0 aliphatic rings. The largest absolute Gasteiger partial charge is 0.507 e. The molecule has 1 aromatic rings. The summed E-state index contributed by atoms with van der Waals surface area (Å²) in [6, 6.07) is 2.42. The van der Waals surface area contributed by atoms with Crippen LogP contribution in [0.25, 0.3) is 0 Å². The van der Waals surface area contributed by atoms with Crippen molar-refractivity contribution in [2.75, 3.05) is 0 Å². The minimum absolute atomic E-state index is 0.641. The van der Waals surface area contributed by atoms with Crippen molar-refractivity contribution in [3.05, 3.63) is 29.6 Å². The van der Waals surface area contributed by atoms with Gasteiger partial charge >= 0.3 is 6.18 Å². The number of phenolic OH excluding ortho intramolecular Hbond substituents is 1. The highest BCUT2D eigenvalue weighted by molar-refractivity contribution is 5.35. The van der Waals surface area contributed by atoms with Crippen molar-refractivity contribution < 1.29 is 22.7 Å². The average molecular weight is 180 g/mol. The maximum atomic E-state index is 12.5. The Bertz CT molecular complexity index is 272. The van der Waals surface area contributed by atoms with Gasteiger partial charge in [0, 0.05) is 0 Å². The van der Waals surface area contributed by atoms with E-state index in [4.69, 9.17) is 5.11 Å². The van der Waals surface area contributed by atoms with Crippen molar-refractivity contribution in [3.8, 4) is 5.75 Å². The summed E-state index contributed by atoms with van der Waals surface area (Å²) in [4.78, 5) is 0. The smallest absolute Gasteiger partial charge is 0.422 e. The lowest BCUT2D eigenvalue weighted by Crippen LogP contribution is -2.07. The third-order valence-corrected chi connectivity index (χ3v) is 1.28. The molecule has 1 rings (SSSR count). The van der Waals surface area contributed by atoms with Gasteiger partial charge in [-0.1, -0.05) is 6.07 Å². The Morgan fingerprint density at radius 3 is 2.08 bits per heavy atom. The van der Waals surface area contributed by atoms with Gasteiger partial charge in [-0.25, -0.2) is 4.39 Å². The molecule has 0 amide bonds. The molecule has 1 N–H and O–H groups in total. The summed E-state index contributed by atoms with van der Waals surface area (Å²) in [5, 5.41) is 8.67. The molecular formula is C7H4F4O. The highest BCUT2D eigenvalue weighted by atomic mass is 19.4. The van der Waals surface area contributed by atoms with Crippen LogP contribution in [0, 0.1) is 5.82 Å². The van der Waals surface area contributed by atoms with Gasteiger partial charge in [0.05, 0.1) is 0 Å². The Morgan fingerprint density at radius 2 is 1.75 bits per heavy atom. The number of benzene rings is 1. The molecule has 0 heterocycles. The minimum Gasteiger partial charge on any atom is -0.507 e. The molecule has 5 heteroatoms. The zero-order chi connectivity index (χ0) is 9.35. The molecule has 12 heavy (non-hydrogen) atoms. The van der Waals surface area contributed by atoms with E-state index in [-0.39, 0.29) is 0 Å². The van der Waals surface area contributed by atoms with Crippen LogP contribution in [-0.4, -0.2) is 5.11 Å². The van der Waals surface area contributed by atoms with Crippen molar-refractivity contribution >= 4 is 0 Å². The summed E-state index contributed by atoms with van der Waals surface area (Å²) in [5.74, 6) is -2.56. The van der Waals surface area contributed by atoms with E-state index in [1.165, 1.54) is 0 Å². The number of halogens is 4. The van der Waals surface area contributed by atoms with E-state index in [0.717, 1.165) is 12.1 Å². The lowest BCUT2D eigenvalue weighted by atomic mass is 10.2. The fraction of sp³-hybridized carbons (Fsp3) is 0.143. The Hall–Kier alpha value is -1.26. The van der Waals surface area contributed by atoms with Crippen molar-refractivity contribution in [1.82, 2.24) is 0 Å². The molecule has 66 valence electrons. The van der Waals surface area contributed by atoms with E-state index in [2.05, 4.69) is 0 Å². The molecule has 0 radical (unpaired) electrons. The maximum absolute atomic E-state index is 12.5. The highest BCUT2D eigenvalue weighted by Crippen LogP contribution is 2.36. The Kier molecular flexibility index (Phi) is 1.95. The molecule has 0 saturated carbocycles. The molecule has 0 aromatic heterocycles. The number of alkyl halides is 3. The molecular weight excluding hydrogens is 176 g/mol. The van der Waals surface area contributed by atoms with Crippen LogP contribution in [0.2, 0.25) is 0 Å². The Morgan fingerprint density at radius 1 is 1.17 bits per heavy atom. The lowest BCUT2D eigenvalue weighted by molar-refractivity contribution is -0.141. The van der Waals surface area contributed by atoms with Crippen molar-refractivity contribution in [3.63, 3.8) is 0 Å². The number of hydrogen-bond acceptors (Lipinski definition) is 1. The van der Waals surface area contributed by atoms with Crippen LogP contribution in [0.1, 0.15) is 5.56 Å². The van der Waals surface area contributed by atoms with Gasteiger partial charge in [-0.2, -0.15) is 13.2 Å². The quantitative estimate of drug-likeness (QED) is 0.608. The minimum atomic E-state index is -4.85. The van der Waals surface area contributed by atoms with Gasteiger partial charge in [-0.15, -0.1) is 0 Å². The van der Waals surface area contributed by atoms with Crippen LogP contribution in [0.5, 0.6) is 5.75 Å². The van der Waals surface area contributed by atoms with E-state index in [9.17, 15) is 17.6 Å². The SMILES string of the molecule is Oc1cccc(F)c1C(F)(F)F. The predicted octanol–water partition coefficient (Wildman–Crippen LogP) is 2.55. The van der Waals surface area contributed by atoms with Gasteiger partial charge in [0.2, 0.25) is 0 Å². The number of rotatable bonds is 0. The van der Waals surface area contributed by atoms with Gasteiger partial charge in [0.15, 0.2) is 0 Å². The molecule has 0 unspecified atom stereocenters. The maximum Gasteiger partial charge on any atom is 0.422 e. The second kappa shape index (κ2) is 2.66. The van der Waals surface area contributed by atoms with E-state index >= 15 is 0 Å². The summed E-state index contributed by atoms with van der Waals surface area (Å²) in [6.07, 6.45) is -4.85. The normalized spacial score (nSPS) is 11.7. The van der Waals surface area contributed by atoms with E-state index in [1.807, 2.05) is 0 Å². The summed E-state index contributed by atoms with van der Waals surface area (Å²) >= 11 is 0. The van der Waals surface area contributed by atoms with Crippen LogP contribution in [0.3, 0.4) is 0 Å². The third kappa shape index (κ3) is 1.49. The second-order valence-electron chi connectivity index (χ2n) is 2.13. The molecule has 0 bridgehead atoms. The first-order valence-electron chi connectivity index (χ1n) is 2.97. The zero-order valence-corrected chi connectivity index (χ0v) is 5.69. The number of aromatic hydroxyl groups is 1. The molecule has 0 atom stereocenters. The fourth-order valence-corrected chi connectivity index (χ4v) is 0.793. The van der Waals surface area contributed by atoms with E-state index < -0.39 is 23.3 Å². The number of phenols is 1. The number of hydrogen-bond donors (Lipinski definition) is 1. The Labute approximate surface area is 65.3 Å². The van der Waals surface area contributed by atoms with Gasteiger partial charge in [-0.05, 0) is 12.1 Å². The fourth-order valence-electron chi connectivity index (χ4n) is 0.793. The first kappa shape index (κ1) is 8.83. The predicted molar refractivity (Wildman–Crippen MR) is 33.1 cm³/mol. The van der Waals surface area contributed by atoms with Gasteiger partial charge in [-0.3, -0.25) is 0 Å². The molecule has 0 spiro atoms. The van der Waals surface area contributed by atoms with Crippen LogP contribution < -0.4 is 0 Å². The van der Waals surface area contributed by atoms with Gasteiger partial charge in [0.25, 0.3) is 0 Å². The molecule has 0 saturated heterocycles. The zero-order valence-electron chi connectivity index (χ0n) is 5.69. The van der Waals surface area contributed by atoms with Crippen LogP contribution in [0.4, 0.5) is 17.6 Å². The molecule has 1 nitrogen and oxygen atoms in total. The van der Waals surface area contributed by atoms with Crippen molar-refractivity contribution in [2.24, 2.45) is 0 Å². The summed E-state index contributed by atoms with van der Waals surface area (Å²) in [5.41, 5.74) is -1.62. The van der Waals surface area contributed by atoms with E-state index in [0.29, 0.717) is 6.07 Å². The molecule has 0 aliphatic heterocycles. The monoisotopic (exact) mass is 180 g/mol. The van der Waals surface area contributed by atoms with Crippen molar-refractivity contribution in [2.45, 2.75) is 6.18 Å². The van der Waals surface area contributed by atoms with Crippen molar-refractivity contribution in [1.29, 1.82) is 0 Å². The summed E-state index contributed by atoms with van der Waals surface area (Å²) in [7, 11) is 0. The highest BCUT2D eigenvalue weighted by Gasteiger charge is 2.37. The first-order chi connectivity index (χ1) is 5.43. The molecule has 0 aliphatic carbocycles. The van der Waals surface area contributed by atoms with Gasteiger partial charge < -0.3 is 5.11 Å². The van der Waals surface area contributed by atoms with Crippen LogP contribution >= 0.6 is 0 Å². The first-order valence-corrected chi connectivity index (χ1v) is 2.97. The summed E-state index contributed by atoms with van der Waals surface area (Å²) in [6.45, 7) is 0. The molecule has 0 fully saturated rings. The summed E-state index contributed by atoms with van der Waals surface area (Å²) < 4.78 is 48.2.